The highest BCUT2D eigenvalue weighted by Crippen LogP contribution is 2.51. The Morgan fingerprint density at radius 1 is 1.13 bits per heavy atom. The van der Waals surface area contributed by atoms with Gasteiger partial charge in [0.15, 0.2) is 0 Å². The predicted molar refractivity (Wildman–Crippen MR) is 111 cm³/mol. The van der Waals surface area contributed by atoms with Crippen LogP contribution in [0.4, 0.5) is 24.8 Å². The number of aryl methyl sites for hydroxylation is 1. The molecule has 1 saturated carbocycles. The Bertz CT molecular complexity index is 1230. The number of hydrogen-bond donors (Lipinski definition) is 1. The number of halogens is 3. The minimum absolute atomic E-state index is 0.105. The fraction of sp³-hybridized carbons (Fsp3) is 0.238. The summed E-state index contributed by atoms with van der Waals surface area (Å²) in [5, 5.41) is 8.28. The zero-order valence-electron chi connectivity index (χ0n) is 16.4. The first-order chi connectivity index (χ1) is 14.8. The van der Waals surface area contributed by atoms with Gasteiger partial charge in [0.25, 0.3) is 0 Å². The van der Waals surface area contributed by atoms with Gasteiger partial charge in [-0.1, -0.05) is 6.07 Å². The highest BCUT2D eigenvalue weighted by atomic mass is 32.1. The number of rotatable bonds is 5. The van der Waals surface area contributed by atoms with Crippen molar-refractivity contribution in [3.05, 3.63) is 71.4 Å². The van der Waals surface area contributed by atoms with E-state index in [4.69, 9.17) is 0 Å². The Kier molecular flexibility index (Phi) is 4.54. The molecule has 0 spiro atoms. The monoisotopic (exact) mass is 442 g/mol. The van der Waals surface area contributed by atoms with Gasteiger partial charge in [-0.3, -0.25) is 4.68 Å². The molecule has 0 aliphatic heterocycles. The summed E-state index contributed by atoms with van der Waals surface area (Å²) in [6.07, 6.45) is 4.12. The third kappa shape index (κ3) is 3.78. The summed E-state index contributed by atoms with van der Waals surface area (Å²) in [4.78, 5) is 13.1. The second kappa shape index (κ2) is 7.16. The molecular weight excluding hydrogens is 425 g/mol. The molecule has 31 heavy (non-hydrogen) atoms. The first kappa shape index (κ1) is 19.7. The summed E-state index contributed by atoms with van der Waals surface area (Å²) in [6, 6.07) is 8.47. The van der Waals surface area contributed by atoms with Crippen LogP contribution in [0.5, 0.6) is 0 Å². The Hall–Kier alpha value is -3.27. The molecule has 0 radical (unpaired) electrons. The number of nitrogens with zero attached hydrogens (tertiary/aromatic N) is 5. The van der Waals surface area contributed by atoms with E-state index in [0.717, 1.165) is 46.1 Å². The van der Waals surface area contributed by atoms with Crippen LogP contribution in [0.1, 0.15) is 29.1 Å². The molecule has 0 unspecified atom stereocenters. The van der Waals surface area contributed by atoms with E-state index in [1.54, 1.807) is 17.5 Å². The number of anilines is 2. The van der Waals surface area contributed by atoms with Crippen LogP contribution in [0, 0.1) is 6.92 Å². The molecule has 4 aromatic rings. The molecule has 158 valence electrons. The van der Waals surface area contributed by atoms with Gasteiger partial charge in [-0.2, -0.15) is 18.3 Å². The van der Waals surface area contributed by atoms with Crippen LogP contribution in [0.15, 0.2) is 55.1 Å². The topological polar surface area (TPSA) is 68.5 Å². The van der Waals surface area contributed by atoms with E-state index in [2.05, 4.69) is 25.4 Å². The van der Waals surface area contributed by atoms with Crippen molar-refractivity contribution in [1.82, 2.24) is 24.7 Å². The van der Waals surface area contributed by atoms with Crippen LogP contribution in [0.2, 0.25) is 0 Å². The number of aromatic nitrogens is 5. The third-order valence-electron chi connectivity index (χ3n) is 5.13. The third-order valence-corrected chi connectivity index (χ3v) is 6.37. The SMILES string of the molecule is Cc1cc(Nc2nccc(C(F)(F)F)n2)cc(-c2cnc(C3(n4cccn4)CC3)s2)c1. The number of benzene rings is 1. The summed E-state index contributed by atoms with van der Waals surface area (Å²) in [5.41, 5.74) is 1.34. The highest BCUT2D eigenvalue weighted by molar-refractivity contribution is 7.15. The smallest absolute Gasteiger partial charge is 0.324 e. The second-order valence-electron chi connectivity index (χ2n) is 7.49. The second-order valence-corrected chi connectivity index (χ2v) is 8.52. The molecule has 1 aromatic carbocycles. The molecule has 6 nitrogen and oxygen atoms in total. The van der Waals surface area contributed by atoms with Crippen LogP contribution >= 0.6 is 11.3 Å². The van der Waals surface area contributed by atoms with Crippen molar-refractivity contribution in [3.63, 3.8) is 0 Å². The molecule has 0 bridgehead atoms. The van der Waals surface area contributed by atoms with Crippen LogP contribution in [-0.2, 0) is 11.7 Å². The first-order valence-electron chi connectivity index (χ1n) is 9.59. The fourth-order valence-corrected chi connectivity index (χ4v) is 4.65. The van der Waals surface area contributed by atoms with Gasteiger partial charge >= 0.3 is 6.18 Å². The number of nitrogens with one attached hydrogen (secondary N) is 1. The van der Waals surface area contributed by atoms with Crippen LogP contribution in [-0.4, -0.2) is 24.7 Å². The van der Waals surface area contributed by atoms with E-state index in [-0.39, 0.29) is 11.5 Å². The summed E-state index contributed by atoms with van der Waals surface area (Å²) in [6.45, 7) is 1.93. The van der Waals surface area contributed by atoms with Gasteiger partial charge in [-0.15, -0.1) is 11.3 Å². The average molecular weight is 442 g/mol. The van der Waals surface area contributed by atoms with Gasteiger partial charge in [0.2, 0.25) is 5.95 Å². The Morgan fingerprint density at radius 3 is 2.68 bits per heavy atom. The average Bonchev–Trinajstić information content (AvgIpc) is 3.15. The lowest BCUT2D eigenvalue weighted by Crippen LogP contribution is -2.18. The lowest BCUT2D eigenvalue weighted by molar-refractivity contribution is -0.141. The lowest BCUT2D eigenvalue weighted by atomic mass is 10.1. The molecule has 0 amide bonds. The summed E-state index contributed by atoms with van der Waals surface area (Å²) >= 11 is 1.60. The molecule has 1 aliphatic carbocycles. The van der Waals surface area contributed by atoms with Crippen LogP contribution < -0.4 is 5.32 Å². The minimum atomic E-state index is -4.52. The maximum Gasteiger partial charge on any atom is 0.433 e. The molecular formula is C21H17F3N6S. The van der Waals surface area contributed by atoms with Crippen molar-refractivity contribution in [2.75, 3.05) is 5.32 Å². The predicted octanol–water partition coefficient (Wildman–Crippen LogP) is 5.40. The molecule has 1 N–H and O–H groups in total. The number of alkyl halides is 3. The highest BCUT2D eigenvalue weighted by Gasteiger charge is 2.49. The molecule has 0 atom stereocenters. The molecule has 3 heterocycles. The molecule has 10 heteroatoms. The fourth-order valence-electron chi connectivity index (χ4n) is 3.51. The summed E-state index contributed by atoms with van der Waals surface area (Å²) in [5.74, 6) is -0.105. The molecule has 0 saturated heterocycles. The maximum atomic E-state index is 12.9. The molecule has 3 aromatic heterocycles. The normalized spacial score (nSPS) is 15.1. The maximum absolute atomic E-state index is 12.9. The van der Waals surface area contributed by atoms with E-state index < -0.39 is 11.9 Å². The van der Waals surface area contributed by atoms with Crippen molar-refractivity contribution in [1.29, 1.82) is 0 Å². The lowest BCUT2D eigenvalue weighted by Gasteiger charge is -2.12. The Morgan fingerprint density at radius 2 is 1.97 bits per heavy atom. The number of thiazole rings is 1. The largest absolute Gasteiger partial charge is 0.433 e. The van der Waals surface area contributed by atoms with E-state index in [9.17, 15) is 13.2 Å². The molecule has 1 aliphatic rings. The Balaban J connectivity index is 1.43. The van der Waals surface area contributed by atoms with Crippen molar-refractivity contribution in [2.45, 2.75) is 31.5 Å². The Labute approximate surface area is 179 Å². The van der Waals surface area contributed by atoms with Crippen LogP contribution in [0.3, 0.4) is 0 Å². The van der Waals surface area contributed by atoms with E-state index in [1.807, 2.05) is 48.3 Å². The van der Waals surface area contributed by atoms with Crippen molar-refractivity contribution < 1.29 is 13.2 Å². The molecule has 5 rings (SSSR count). The summed E-state index contributed by atoms with van der Waals surface area (Å²) in [7, 11) is 0. The standard InChI is InChI=1S/C21H17F3N6S/c1-13-9-14(11-15(10-13)28-19-25-7-3-17(29-19)21(22,23)24)16-12-26-18(31-16)20(4-5-20)30-8-2-6-27-30/h2-3,6-12H,4-5H2,1H3,(H,25,28,29). The van der Waals surface area contributed by atoms with E-state index in [1.165, 1.54) is 0 Å². The quantitative estimate of drug-likeness (QED) is 0.448. The van der Waals surface area contributed by atoms with E-state index in [0.29, 0.717) is 5.69 Å². The zero-order chi connectivity index (χ0) is 21.6. The molecule has 1 fully saturated rings. The van der Waals surface area contributed by atoms with Crippen molar-refractivity contribution in [2.24, 2.45) is 0 Å². The van der Waals surface area contributed by atoms with Gasteiger partial charge < -0.3 is 5.32 Å². The number of hydrogen-bond acceptors (Lipinski definition) is 6. The van der Waals surface area contributed by atoms with E-state index >= 15 is 0 Å². The van der Waals surface area contributed by atoms with Gasteiger partial charge in [0.1, 0.15) is 16.2 Å². The van der Waals surface area contributed by atoms with Crippen LogP contribution in [0.25, 0.3) is 10.4 Å². The van der Waals surface area contributed by atoms with Crippen molar-refractivity contribution >= 4 is 23.0 Å². The summed E-state index contributed by atoms with van der Waals surface area (Å²) < 4.78 is 40.8. The zero-order valence-corrected chi connectivity index (χ0v) is 17.2. The van der Waals surface area contributed by atoms with Gasteiger partial charge in [-0.25, -0.2) is 15.0 Å². The van der Waals surface area contributed by atoms with Gasteiger partial charge in [0.05, 0.1) is 4.88 Å². The van der Waals surface area contributed by atoms with Gasteiger partial charge in [-0.05, 0) is 55.2 Å². The van der Waals surface area contributed by atoms with Gasteiger partial charge in [0, 0.05) is 30.5 Å². The first-order valence-corrected chi connectivity index (χ1v) is 10.4. The van der Waals surface area contributed by atoms with Crippen molar-refractivity contribution in [3.8, 4) is 10.4 Å². The minimum Gasteiger partial charge on any atom is -0.324 e.